The SMILES string of the molecule is O=S(=O)(O)CCCCCCCCCCc1[c][nH][c]c1. The highest BCUT2D eigenvalue weighted by Crippen LogP contribution is 2.11. The molecule has 5 heteroatoms. The molecule has 0 aromatic carbocycles. The Morgan fingerprint density at radius 1 is 1.00 bits per heavy atom. The van der Waals surface area contributed by atoms with E-state index in [2.05, 4.69) is 17.4 Å². The lowest BCUT2D eigenvalue weighted by molar-refractivity contribution is 0.478. The van der Waals surface area contributed by atoms with Gasteiger partial charge in [-0.1, -0.05) is 38.5 Å². The number of nitrogens with one attached hydrogen (secondary N) is 1. The highest BCUT2D eigenvalue weighted by atomic mass is 32.2. The maximum absolute atomic E-state index is 10.5. The van der Waals surface area contributed by atoms with Crippen LogP contribution in [-0.4, -0.2) is 23.7 Å². The number of unbranched alkanes of at least 4 members (excludes halogenated alkanes) is 7. The summed E-state index contributed by atoms with van der Waals surface area (Å²) in [6, 6.07) is 1.94. The first kappa shape index (κ1) is 16.2. The first-order valence-electron chi connectivity index (χ1n) is 6.99. The van der Waals surface area contributed by atoms with Crippen LogP contribution in [0.2, 0.25) is 0 Å². The average Bonchev–Trinajstić information content (AvgIpc) is 2.83. The van der Waals surface area contributed by atoms with E-state index in [1.54, 1.807) is 0 Å². The molecule has 0 aliphatic carbocycles. The zero-order chi connectivity index (χ0) is 14.0. The van der Waals surface area contributed by atoms with Crippen LogP contribution in [-0.2, 0) is 16.5 Å². The molecule has 1 aromatic rings. The van der Waals surface area contributed by atoms with Gasteiger partial charge in [-0.3, -0.25) is 4.55 Å². The first-order chi connectivity index (χ1) is 9.08. The molecule has 0 aliphatic heterocycles. The Kier molecular flexibility index (Phi) is 7.82. The largest absolute Gasteiger partial charge is 0.352 e. The Bertz CT molecular complexity index is 412. The summed E-state index contributed by atoms with van der Waals surface area (Å²) in [7, 11) is -3.76. The molecular weight excluding hydrogens is 262 g/mol. The summed E-state index contributed by atoms with van der Waals surface area (Å²) in [6.07, 6.45) is 15.5. The first-order valence-corrected chi connectivity index (χ1v) is 8.59. The second-order valence-electron chi connectivity index (χ2n) is 4.93. The van der Waals surface area contributed by atoms with Crippen LogP contribution in [0.4, 0.5) is 0 Å². The average molecular weight is 285 g/mol. The lowest BCUT2D eigenvalue weighted by Gasteiger charge is -2.01. The molecule has 1 heterocycles. The van der Waals surface area contributed by atoms with Crippen LogP contribution in [0.5, 0.6) is 0 Å². The van der Waals surface area contributed by atoms with Crippen molar-refractivity contribution >= 4 is 10.1 Å². The molecule has 2 N–H and O–H groups in total. The summed E-state index contributed by atoms with van der Waals surface area (Å²) in [6.45, 7) is 0. The highest BCUT2D eigenvalue weighted by molar-refractivity contribution is 7.85. The van der Waals surface area contributed by atoms with Gasteiger partial charge in [0.2, 0.25) is 0 Å². The molecule has 4 nitrogen and oxygen atoms in total. The van der Waals surface area contributed by atoms with Gasteiger partial charge in [0, 0.05) is 0 Å². The van der Waals surface area contributed by atoms with Crippen LogP contribution in [0.15, 0.2) is 6.07 Å². The van der Waals surface area contributed by atoms with Gasteiger partial charge in [0.05, 0.1) is 18.1 Å². The molecule has 0 atom stereocenters. The molecule has 0 saturated heterocycles. The van der Waals surface area contributed by atoms with Crippen LogP contribution in [0.25, 0.3) is 0 Å². The smallest absolute Gasteiger partial charge is 0.264 e. The number of rotatable bonds is 11. The standard InChI is InChI=1S/C14H23NO3S/c16-19(17,18)12-8-6-4-2-1-3-5-7-9-14-10-11-15-13-14/h10,15H,1-9,12H2,(H,16,17,18). The number of aryl methyl sites for hydroxylation is 1. The van der Waals surface area contributed by atoms with E-state index in [9.17, 15) is 8.42 Å². The van der Waals surface area contributed by atoms with Crippen molar-refractivity contribution in [3.8, 4) is 0 Å². The summed E-state index contributed by atoms with van der Waals surface area (Å²) >= 11 is 0. The van der Waals surface area contributed by atoms with Crippen LogP contribution >= 0.6 is 0 Å². The molecule has 2 radical (unpaired) electrons. The predicted molar refractivity (Wildman–Crippen MR) is 75.5 cm³/mol. The third-order valence-electron chi connectivity index (χ3n) is 3.14. The normalized spacial score (nSPS) is 11.8. The van der Waals surface area contributed by atoms with Gasteiger partial charge in [0.15, 0.2) is 0 Å². The van der Waals surface area contributed by atoms with Crippen molar-refractivity contribution in [3.05, 3.63) is 24.0 Å². The van der Waals surface area contributed by atoms with Crippen molar-refractivity contribution in [1.29, 1.82) is 0 Å². The molecule has 0 bridgehead atoms. The monoisotopic (exact) mass is 285 g/mol. The second kappa shape index (κ2) is 9.15. The predicted octanol–water partition coefficient (Wildman–Crippen LogP) is 3.17. The van der Waals surface area contributed by atoms with Crippen LogP contribution in [0, 0.1) is 12.4 Å². The van der Waals surface area contributed by atoms with Gasteiger partial charge in [0.25, 0.3) is 10.1 Å². The van der Waals surface area contributed by atoms with E-state index >= 15 is 0 Å². The third kappa shape index (κ3) is 9.73. The summed E-state index contributed by atoms with van der Waals surface area (Å²) in [4.78, 5) is 2.81. The van der Waals surface area contributed by atoms with E-state index in [0.717, 1.165) is 25.7 Å². The topological polar surface area (TPSA) is 70.2 Å². The minimum absolute atomic E-state index is 0.100. The van der Waals surface area contributed by atoms with Crippen LogP contribution in [0.1, 0.15) is 56.9 Å². The molecule has 0 saturated carbocycles. The van der Waals surface area contributed by atoms with E-state index in [0.29, 0.717) is 6.42 Å². The van der Waals surface area contributed by atoms with E-state index in [1.807, 2.05) is 6.07 Å². The number of H-pyrrole nitrogens is 1. The summed E-state index contributed by atoms with van der Waals surface area (Å²) in [5, 5.41) is 0. The fourth-order valence-corrected chi connectivity index (χ4v) is 2.64. The van der Waals surface area contributed by atoms with Gasteiger partial charge in [-0.05, 0) is 30.9 Å². The quantitative estimate of drug-likeness (QED) is 0.484. The lowest BCUT2D eigenvalue weighted by Crippen LogP contribution is -2.03. The summed E-state index contributed by atoms with van der Waals surface area (Å²) in [5.74, 6) is -0.100. The van der Waals surface area contributed by atoms with E-state index in [4.69, 9.17) is 4.55 Å². The minimum Gasteiger partial charge on any atom is -0.352 e. The Morgan fingerprint density at radius 3 is 2.11 bits per heavy atom. The summed E-state index contributed by atoms with van der Waals surface area (Å²) < 4.78 is 29.5. The van der Waals surface area contributed by atoms with E-state index < -0.39 is 10.1 Å². The fourth-order valence-electron chi connectivity index (χ4n) is 2.07. The molecule has 0 spiro atoms. The Hall–Kier alpha value is -0.810. The van der Waals surface area contributed by atoms with Gasteiger partial charge in [-0.15, -0.1) is 0 Å². The van der Waals surface area contributed by atoms with Crippen molar-refractivity contribution in [1.82, 2.24) is 4.98 Å². The lowest BCUT2D eigenvalue weighted by atomic mass is 10.1. The number of aromatic nitrogens is 1. The maximum Gasteiger partial charge on any atom is 0.264 e. The van der Waals surface area contributed by atoms with Crippen molar-refractivity contribution in [2.24, 2.45) is 0 Å². The van der Waals surface area contributed by atoms with Crippen LogP contribution < -0.4 is 0 Å². The Morgan fingerprint density at radius 2 is 1.58 bits per heavy atom. The van der Waals surface area contributed by atoms with Gasteiger partial charge >= 0.3 is 0 Å². The molecule has 0 aliphatic rings. The molecule has 0 amide bonds. The highest BCUT2D eigenvalue weighted by Gasteiger charge is 2.02. The molecule has 1 rings (SSSR count). The number of aromatic amines is 1. The van der Waals surface area contributed by atoms with Crippen molar-refractivity contribution < 1.29 is 13.0 Å². The number of hydrogen-bond acceptors (Lipinski definition) is 2. The number of hydrogen-bond donors (Lipinski definition) is 2. The maximum atomic E-state index is 10.5. The van der Waals surface area contributed by atoms with Crippen molar-refractivity contribution in [3.63, 3.8) is 0 Å². The fraction of sp³-hybridized carbons (Fsp3) is 0.714. The molecule has 108 valence electrons. The molecular formula is C14H23NO3S. The minimum atomic E-state index is -3.76. The van der Waals surface area contributed by atoms with Gasteiger partial charge in [-0.2, -0.15) is 8.42 Å². The Balaban J connectivity index is 1.81. The van der Waals surface area contributed by atoms with Crippen molar-refractivity contribution in [2.45, 2.75) is 57.8 Å². The molecule has 0 unspecified atom stereocenters. The Labute approximate surface area is 116 Å². The van der Waals surface area contributed by atoms with Gasteiger partial charge < -0.3 is 4.98 Å². The second-order valence-corrected chi connectivity index (χ2v) is 6.50. The molecule has 19 heavy (non-hydrogen) atoms. The van der Waals surface area contributed by atoms with E-state index in [-0.39, 0.29) is 5.75 Å². The molecule has 0 fully saturated rings. The zero-order valence-corrected chi connectivity index (χ0v) is 12.1. The molecule has 1 aromatic heterocycles. The van der Waals surface area contributed by atoms with Crippen molar-refractivity contribution in [2.75, 3.05) is 5.75 Å². The van der Waals surface area contributed by atoms with Gasteiger partial charge in [-0.25, -0.2) is 0 Å². The third-order valence-corrected chi connectivity index (χ3v) is 3.94. The van der Waals surface area contributed by atoms with Crippen LogP contribution in [0.3, 0.4) is 0 Å². The zero-order valence-electron chi connectivity index (χ0n) is 11.3. The van der Waals surface area contributed by atoms with Gasteiger partial charge in [0.1, 0.15) is 0 Å². The van der Waals surface area contributed by atoms with E-state index in [1.165, 1.54) is 31.2 Å². The summed E-state index contributed by atoms with van der Waals surface area (Å²) in [5.41, 5.74) is 1.20.